The van der Waals surface area contributed by atoms with Crippen molar-refractivity contribution in [1.82, 2.24) is 0 Å². The van der Waals surface area contributed by atoms with Crippen LogP contribution >= 0.6 is 0 Å². The van der Waals surface area contributed by atoms with Crippen molar-refractivity contribution in [3.8, 4) is 0 Å². The van der Waals surface area contributed by atoms with Crippen molar-refractivity contribution in [2.24, 2.45) is 0 Å². The third-order valence-corrected chi connectivity index (χ3v) is 0. The van der Waals surface area contributed by atoms with Gasteiger partial charge in [0.25, 0.3) is 0 Å². The zero-order valence-corrected chi connectivity index (χ0v) is 5.46. The summed E-state index contributed by atoms with van der Waals surface area (Å²) in [6, 6.07) is 0. The van der Waals surface area contributed by atoms with Crippen LogP contribution in [0.1, 0.15) is 0 Å². The van der Waals surface area contributed by atoms with Gasteiger partial charge < -0.3 is 0 Å². The van der Waals surface area contributed by atoms with Gasteiger partial charge in [-0.25, -0.2) is 0 Å². The molecule has 5 heavy (non-hydrogen) atoms. The average Bonchev–Trinajstić information content (AvgIpc) is 0.811. The van der Waals surface area contributed by atoms with E-state index in [9.17, 15) is 3.89 Å². The maximum absolute atomic E-state index is 10.0. The van der Waals surface area contributed by atoms with E-state index in [1.807, 2.05) is 0 Å². The van der Waals surface area contributed by atoms with Crippen molar-refractivity contribution >= 4 is 41.0 Å². The minimum atomic E-state index is -3.11. The second-order valence-electron chi connectivity index (χ2n) is 0.207. The Morgan fingerprint density at radius 1 is 1.80 bits per heavy atom. The number of halogens is 1. The molecular formula is HFNaO2S. The molecule has 0 aliphatic carbocycles. The largest absolute Gasteiger partial charge is 0.342 e. The standard InChI is InChI=1S/FHO2S.Na/c1-4(2)3;/h(H,2,3);. The van der Waals surface area contributed by atoms with Crippen LogP contribution in [0.25, 0.3) is 0 Å². The molecule has 1 unspecified atom stereocenters. The first-order valence-corrected chi connectivity index (χ1v) is 1.51. The van der Waals surface area contributed by atoms with Crippen LogP contribution in [0, 0.1) is 0 Å². The van der Waals surface area contributed by atoms with Gasteiger partial charge in [0.05, 0.1) is 0 Å². The van der Waals surface area contributed by atoms with Gasteiger partial charge in [0, 0.05) is 29.6 Å². The van der Waals surface area contributed by atoms with Crippen LogP contribution in [-0.2, 0) is 11.5 Å². The Bertz CT molecular complexity index is 32.6. The Labute approximate surface area is 53.6 Å². The van der Waals surface area contributed by atoms with Crippen LogP contribution < -0.4 is 0 Å². The van der Waals surface area contributed by atoms with Crippen LogP contribution in [0.15, 0.2) is 0 Å². The van der Waals surface area contributed by atoms with E-state index in [4.69, 9.17) is 8.76 Å². The maximum Gasteiger partial charge on any atom is 0.342 e. The molecule has 1 atom stereocenters. The predicted molar refractivity (Wildman–Crippen MR) is 17.6 cm³/mol. The summed E-state index contributed by atoms with van der Waals surface area (Å²) in [5.41, 5.74) is 0. The van der Waals surface area contributed by atoms with Crippen LogP contribution in [0.3, 0.4) is 0 Å². The van der Waals surface area contributed by atoms with Gasteiger partial charge in [-0.2, -0.15) is 4.21 Å². The molecule has 0 bridgehead atoms. The third-order valence-electron chi connectivity index (χ3n) is 0. The molecule has 5 heteroatoms. The normalized spacial score (nSPS) is 12.4. The molecular weight excluding hydrogens is 106 g/mol. The molecule has 0 aliphatic rings. The van der Waals surface area contributed by atoms with Crippen molar-refractivity contribution < 1.29 is 12.6 Å². The van der Waals surface area contributed by atoms with Crippen molar-refractivity contribution in [2.45, 2.75) is 0 Å². The predicted octanol–water partition coefficient (Wildman–Crippen LogP) is -0.288. The third kappa shape index (κ3) is 43.1. The molecule has 0 aliphatic heterocycles. The Morgan fingerprint density at radius 3 is 1.80 bits per heavy atom. The van der Waals surface area contributed by atoms with Gasteiger partial charge in [0.15, 0.2) is 0 Å². The van der Waals surface area contributed by atoms with Gasteiger partial charge in [-0.05, 0) is 0 Å². The van der Waals surface area contributed by atoms with Gasteiger partial charge in [-0.3, -0.25) is 4.55 Å². The molecule has 0 aromatic heterocycles. The molecule has 1 N–H and O–H groups in total. The van der Waals surface area contributed by atoms with Crippen molar-refractivity contribution in [3.63, 3.8) is 0 Å². The van der Waals surface area contributed by atoms with Crippen molar-refractivity contribution in [3.05, 3.63) is 0 Å². The molecule has 0 heterocycles. The molecule has 0 rings (SSSR count). The molecule has 27 valence electrons. The fourth-order valence-electron chi connectivity index (χ4n) is 0. The molecule has 0 fully saturated rings. The molecule has 1 radical (unpaired) electrons. The zero-order valence-electron chi connectivity index (χ0n) is 2.64. The second-order valence-corrected chi connectivity index (χ2v) is 0.620. The quantitative estimate of drug-likeness (QED) is 0.262. The summed E-state index contributed by atoms with van der Waals surface area (Å²) < 4.78 is 25.3. The first kappa shape index (κ1) is 9.40. The molecule has 0 saturated heterocycles. The molecule has 0 saturated carbocycles. The summed E-state index contributed by atoms with van der Waals surface area (Å²) in [6.07, 6.45) is 0. The van der Waals surface area contributed by atoms with E-state index in [1.165, 1.54) is 0 Å². The van der Waals surface area contributed by atoms with Gasteiger partial charge in [-0.15, -0.1) is 3.89 Å². The van der Waals surface area contributed by atoms with Crippen LogP contribution in [-0.4, -0.2) is 38.3 Å². The molecule has 2 nitrogen and oxygen atoms in total. The number of hydrogen-bond donors (Lipinski definition) is 1. The van der Waals surface area contributed by atoms with Gasteiger partial charge in [0.2, 0.25) is 0 Å². The van der Waals surface area contributed by atoms with E-state index in [1.54, 1.807) is 0 Å². The minimum absolute atomic E-state index is 0. The second kappa shape index (κ2) is 5.04. The van der Waals surface area contributed by atoms with E-state index in [0.29, 0.717) is 0 Å². The topological polar surface area (TPSA) is 37.3 Å². The summed E-state index contributed by atoms with van der Waals surface area (Å²) in [6.45, 7) is 0. The average molecular weight is 107 g/mol. The maximum atomic E-state index is 10.0. The summed E-state index contributed by atoms with van der Waals surface area (Å²) in [5, 5.41) is 0. The van der Waals surface area contributed by atoms with E-state index in [0.717, 1.165) is 0 Å². The SMILES string of the molecule is O=S(O)F.[Na]. The van der Waals surface area contributed by atoms with E-state index >= 15 is 0 Å². The van der Waals surface area contributed by atoms with Crippen LogP contribution in [0.4, 0.5) is 3.89 Å². The van der Waals surface area contributed by atoms with Crippen molar-refractivity contribution in [1.29, 1.82) is 0 Å². The molecule has 0 spiro atoms. The Balaban J connectivity index is 0. The molecule has 0 aromatic rings. The Hall–Kier alpha value is 1.04. The molecule has 0 amide bonds. The fraction of sp³-hybridized carbons (Fsp3) is 0. The summed E-state index contributed by atoms with van der Waals surface area (Å²) >= 11 is -3.11. The molecule has 0 aromatic carbocycles. The van der Waals surface area contributed by atoms with E-state index in [-0.39, 0.29) is 29.6 Å². The van der Waals surface area contributed by atoms with Crippen LogP contribution in [0.2, 0.25) is 0 Å². The van der Waals surface area contributed by atoms with Crippen molar-refractivity contribution in [2.75, 3.05) is 0 Å². The summed E-state index contributed by atoms with van der Waals surface area (Å²) in [4.78, 5) is 0. The van der Waals surface area contributed by atoms with Gasteiger partial charge in [0.1, 0.15) is 0 Å². The Morgan fingerprint density at radius 2 is 1.80 bits per heavy atom. The van der Waals surface area contributed by atoms with E-state index < -0.39 is 11.5 Å². The zero-order chi connectivity index (χ0) is 3.58. The smallest absolute Gasteiger partial charge is 0.280 e. The fourth-order valence-corrected chi connectivity index (χ4v) is 0. The monoisotopic (exact) mass is 107 g/mol. The first-order valence-electron chi connectivity index (χ1n) is 0.504. The first-order chi connectivity index (χ1) is 1.73. The number of rotatable bonds is 0. The Kier molecular flexibility index (Phi) is 9.48. The minimum Gasteiger partial charge on any atom is -0.280 e. The van der Waals surface area contributed by atoms with Crippen LogP contribution in [0.5, 0.6) is 0 Å². The summed E-state index contributed by atoms with van der Waals surface area (Å²) in [5.74, 6) is 0. The number of hydrogen-bond acceptors (Lipinski definition) is 1. The van der Waals surface area contributed by atoms with E-state index in [2.05, 4.69) is 0 Å². The van der Waals surface area contributed by atoms with Gasteiger partial charge in [-0.1, -0.05) is 0 Å². The summed E-state index contributed by atoms with van der Waals surface area (Å²) in [7, 11) is 0. The van der Waals surface area contributed by atoms with Gasteiger partial charge >= 0.3 is 11.5 Å².